The fourth-order valence-electron chi connectivity index (χ4n) is 8.64. The Labute approximate surface area is 229 Å². The van der Waals surface area contributed by atoms with Gasteiger partial charge in [0.15, 0.2) is 8.32 Å². The molecule has 0 spiro atoms. The van der Waals surface area contributed by atoms with Gasteiger partial charge in [0.05, 0.1) is 6.61 Å². The van der Waals surface area contributed by atoms with Crippen molar-refractivity contribution in [2.24, 2.45) is 34.5 Å². The first-order valence-electron chi connectivity index (χ1n) is 15.5. The van der Waals surface area contributed by atoms with Crippen LogP contribution in [0.5, 0.6) is 0 Å². The minimum Gasteiger partial charge on any atom is -0.466 e. The van der Waals surface area contributed by atoms with Crippen LogP contribution in [0.1, 0.15) is 113 Å². The van der Waals surface area contributed by atoms with E-state index in [0.29, 0.717) is 35.9 Å². The molecule has 4 aliphatic carbocycles. The molecule has 0 aliphatic heterocycles. The van der Waals surface area contributed by atoms with Crippen molar-refractivity contribution in [3.8, 4) is 0 Å². The lowest BCUT2D eigenvalue weighted by Gasteiger charge is -2.56. The molecule has 4 aliphatic rings. The van der Waals surface area contributed by atoms with Crippen molar-refractivity contribution < 1.29 is 14.0 Å². The summed E-state index contributed by atoms with van der Waals surface area (Å²) < 4.78 is 12.1. The highest BCUT2D eigenvalue weighted by Gasteiger charge is 2.57. The minimum atomic E-state index is -1.74. The van der Waals surface area contributed by atoms with Gasteiger partial charge in [0.2, 0.25) is 0 Å². The molecule has 3 nitrogen and oxygen atoms in total. The van der Waals surface area contributed by atoms with Gasteiger partial charge in [-0.15, -0.1) is 0 Å². The average molecular weight is 529 g/mol. The number of esters is 1. The molecule has 4 rings (SSSR count). The Morgan fingerprint density at radius 3 is 2.49 bits per heavy atom. The van der Waals surface area contributed by atoms with E-state index in [1.165, 1.54) is 38.5 Å². The first kappa shape index (κ1) is 29.1. The lowest BCUT2D eigenvalue weighted by Crippen LogP contribution is -2.49. The Morgan fingerprint density at radius 1 is 1.08 bits per heavy atom. The molecule has 0 aromatic rings. The van der Waals surface area contributed by atoms with Gasteiger partial charge in [0.1, 0.15) is 0 Å². The first-order chi connectivity index (χ1) is 17.2. The van der Waals surface area contributed by atoms with Crippen LogP contribution in [0.2, 0.25) is 18.1 Å². The number of carbonyl (C=O) groups is 1. The van der Waals surface area contributed by atoms with E-state index in [2.05, 4.69) is 66.8 Å². The molecule has 0 saturated heterocycles. The minimum absolute atomic E-state index is 0.0293. The maximum Gasteiger partial charge on any atom is 0.305 e. The van der Waals surface area contributed by atoms with E-state index in [9.17, 15) is 4.79 Å². The van der Waals surface area contributed by atoms with Gasteiger partial charge in [0, 0.05) is 12.5 Å². The van der Waals surface area contributed by atoms with Crippen molar-refractivity contribution in [3.05, 3.63) is 23.3 Å². The molecule has 0 N–H and O–H groups in total. The number of ether oxygens (including phenoxy) is 1. The Kier molecular flexibility index (Phi) is 8.34. The van der Waals surface area contributed by atoms with Crippen molar-refractivity contribution in [3.63, 3.8) is 0 Å². The average Bonchev–Trinajstić information content (AvgIpc) is 3.16. The fraction of sp³-hybridized carbons (Fsp3) is 0.848. The van der Waals surface area contributed by atoms with Gasteiger partial charge in [-0.3, -0.25) is 4.79 Å². The molecule has 3 unspecified atom stereocenters. The molecule has 0 aromatic carbocycles. The second kappa shape index (κ2) is 10.6. The monoisotopic (exact) mass is 528 g/mol. The molecule has 3 saturated carbocycles. The Morgan fingerprint density at radius 2 is 1.81 bits per heavy atom. The summed E-state index contributed by atoms with van der Waals surface area (Å²) in [7, 11) is -1.74. The lowest BCUT2D eigenvalue weighted by atomic mass is 9.50. The van der Waals surface area contributed by atoms with Crippen LogP contribution in [0.15, 0.2) is 23.3 Å². The largest absolute Gasteiger partial charge is 0.466 e. The van der Waals surface area contributed by atoms with E-state index in [-0.39, 0.29) is 11.0 Å². The van der Waals surface area contributed by atoms with Gasteiger partial charge < -0.3 is 9.16 Å². The zero-order valence-corrected chi connectivity index (χ0v) is 26.5. The van der Waals surface area contributed by atoms with Gasteiger partial charge in [-0.25, -0.2) is 0 Å². The van der Waals surface area contributed by atoms with Gasteiger partial charge >= 0.3 is 5.97 Å². The summed E-state index contributed by atoms with van der Waals surface area (Å²) in [6, 6.07) is 0. The third-order valence-electron chi connectivity index (χ3n) is 11.9. The van der Waals surface area contributed by atoms with Crippen LogP contribution >= 0.6 is 0 Å². The van der Waals surface area contributed by atoms with Gasteiger partial charge in [-0.1, -0.05) is 64.8 Å². The van der Waals surface area contributed by atoms with Gasteiger partial charge in [0.25, 0.3) is 0 Å². The molecular weight excluding hydrogens is 472 g/mol. The molecule has 0 aromatic heterocycles. The lowest BCUT2D eigenvalue weighted by molar-refractivity contribution is -0.143. The smallest absolute Gasteiger partial charge is 0.305 e. The predicted molar refractivity (Wildman–Crippen MR) is 157 cm³/mol. The highest BCUT2D eigenvalue weighted by molar-refractivity contribution is 6.74. The van der Waals surface area contributed by atoms with Crippen molar-refractivity contribution >= 4 is 14.3 Å². The van der Waals surface area contributed by atoms with E-state index >= 15 is 0 Å². The summed E-state index contributed by atoms with van der Waals surface area (Å²) >= 11 is 0. The Hall–Kier alpha value is -0.873. The highest BCUT2D eigenvalue weighted by atomic mass is 28.4. The number of hydrogen-bond donors (Lipinski definition) is 0. The number of hydrogen-bond acceptors (Lipinski definition) is 3. The van der Waals surface area contributed by atoms with Crippen LogP contribution in [-0.2, 0) is 14.0 Å². The van der Waals surface area contributed by atoms with Crippen molar-refractivity contribution in [1.82, 2.24) is 0 Å². The van der Waals surface area contributed by atoms with Crippen molar-refractivity contribution in [2.45, 2.75) is 137 Å². The van der Waals surface area contributed by atoms with Crippen LogP contribution in [0.25, 0.3) is 0 Å². The third-order valence-corrected chi connectivity index (χ3v) is 16.4. The summed E-state index contributed by atoms with van der Waals surface area (Å²) in [5, 5.41) is 0.268. The number of fused-ring (bicyclic) bond motifs is 5. The highest BCUT2D eigenvalue weighted by Crippen LogP contribution is 2.66. The zero-order valence-electron chi connectivity index (χ0n) is 25.5. The molecule has 3 fully saturated rings. The number of allylic oxidation sites excluding steroid dienone is 3. The van der Waals surface area contributed by atoms with E-state index in [4.69, 9.17) is 9.16 Å². The van der Waals surface area contributed by atoms with Crippen LogP contribution in [0.4, 0.5) is 0 Å². The van der Waals surface area contributed by atoms with Crippen LogP contribution in [0, 0.1) is 34.5 Å². The molecular formula is C33H56O3Si. The Balaban J connectivity index is 1.45. The standard InChI is InChI=1S/C33H56O3Si/c1-10-35-30(34)13-11-12-23(2)27-16-17-28-26-15-14-24-22-25(36-37(8,9)31(3,4)5)18-20-32(24,6)29(26)19-21-33(27,28)7/h14-15,23,25,27-29H,10-13,16-22H2,1-9H3/t23-,25+,27?,28?,29?,32+,33-/m1/s1. The summed E-state index contributed by atoms with van der Waals surface area (Å²) in [6.07, 6.45) is 17.2. The SMILES string of the molecule is CCOC(=O)CCC[C@@H](C)C1CCC2C3=CC=C4C[C@@H](O[Si](C)(C)C(C)(C)C)CC[C@]4(C)C3CC[C@@]21C. The van der Waals surface area contributed by atoms with Crippen LogP contribution in [0.3, 0.4) is 0 Å². The summed E-state index contributed by atoms with van der Waals surface area (Å²) in [6.45, 7) is 21.9. The third kappa shape index (κ3) is 5.45. The van der Waals surface area contributed by atoms with Gasteiger partial charge in [-0.05, 0) is 117 Å². The molecule has 0 amide bonds. The Bertz CT molecular complexity index is 911. The van der Waals surface area contributed by atoms with E-state index in [0.717, 1.165) is 37.0 Å². The normalized spacial score (nSPS) is 36.6. The quantitative estimate of drug-likeness (QED) is 0.233. The molecule has 37 heavy (non-hydrogen) atoms. The second-order valence-corrected chi connectivity index (χ2v) is 19.8. The number of rotatable bonds is 8. The van der Waals surface area contributed by atoms with Gasteiger partial charge in [-0.2, -0.15) is 0 Å². The number of carbonyl (C=O) groups excluding carboxylic acids is 1. The second-order valence-electron chi connectivity index (χ2n) is 15.0. The topological polar surface area (TPSA) is 35.5 Å². The van der Waals surface area contributed by atoms with E-state index in [1.54, 1.807) is 11.1 Å². The fourth-order valence-corrected chi connectivity index (χ4v) is 10.0. The molecule has 0 radical (unpaired) electrons. The zero-order chi connectivity index (χ0) is 27.2. The van der Waals surface area contributed by atoms with Crippen molar-refractivity contribution in [2.75, 3.05) is 6.61 Å². The molecule has 4 heteroatoms. The molecule has 210 valence electrons. The predicted octanol–water partition coefficient (Wildman–Crippen LogP) is 9.25. The van der Waals surface area contributed by atoms with Crippen molar-refractivity contribution in [1.29, 1.82) is 0 Å². The molecule has 7 atom stereocenters. The van der Waals surface area contributed by atoms with Crippen LogP contribution < -0.4 is 0 Å². The van der Waals surface area contributed by atoms with E-state index < -0.39 is 8.32 Å². The maximum absolute atomic E-state index is 11.8. The first-order valence-corrected chi connectivity index (χ1v) is 18.4. The summed E-state index contributed by atoms with van der Waals surface area (Å²) in [5.74, 6) is 2.87. The van der Waals surface area contributed by atoms with Crippen LogP contribution in [-0.4, -0.2) is 27.0 Å². The summed E-state index contributed by atoms with van der Waals surface area (Å²) in [4.78, 5) is 11.8. The summed E-state index contributed by atoms with van der Waals surface area (Å²) in [5.41, 5.74) is 4.18. The maximum atomic E-state index is 11.8. The van der Waals surface area contributed by atoms with E-state index in [1.807, 2.05) is 6.92 Å². The molecule has 0 bridgehead atoms. The molecule has 0 heterocycles.